The van der Waals surface area contributed by atoms with Crippen LogP contribution in [0.4, 0.5) is 5.69 Å². The summed E-state index contributed by atoms with van der Waals surface area (Å²) in [6.07, 6.45) is 2.75. The number of methoxy groups -OCH3 is 1. The normalized spacial score (nSPS) is 15.9. The minimum absolute atomic E-state index is 0.0797. The minimum Gasteiger partial charge on any atom is -0.493 e. The first-order valence-electron chi connectivity index (χ1n) is 11.3. The van der Waals surface area contributed by atoms with Crippen molar-refractivity contribution in [3.63, 3.8) is 0 Å². The highest BCUT2D eigenvalue weighted by atomic mass is 32.2. The molecule has 174 valence electrons. The van der Waals surface area contributed by atoms with Crippen LogP contribution in [-0.4, -0.2) is 29.7 Å². The van der Waals surface area contributed by atoms with Crippen molar-refractivity contribution >= 4 is 34.6 Å². The lowest BCUT2D eigenvalue weighted by atomic mass is 10.1. The topological polar surface area (TPSA) is 51.1 Å². The average Bonchev–Trinajstić information content (AvgIpc) is 3.14. The van der Waals surface area contributed by atoms with Crippen LogP contribution in [0, 0.1) is 6.92 Å². The van der Waals surface area contributed by atoms with Gasteiger partial charge in [0.15, 0.2) is 16.7 Å². The molecule has 0 atom stereocenters. The number of hydrogen-bond donors (Lipinski definition) is 0. The number of aliphatic imine (C=N–C) groups is 1. The van der Waals surface area contributed by atoms with Gasteiger partial charge in [-0.05, 0) is 54.9 Å². The summed E-state index contributed by atoms with van der Waals surface area (Å²) in [6, 6.07) is 23.6. The van der Waals surface area contributed by atoms with Crippen molar-refractivity contribution in [2.75, 3.05) is 13.7 Å². The quantitative estimate of drug-likeness (QED) is 0.347. The third-order valence-corrected chi connectivity index (χ3v) is 6.30. The van der Waals surface area contributed by atoms with Crippen molar-refractivity contribution in [1.29, 1.82) is 0 Å². The molecular weight excluding hydrogens is 444 g/mol. The lowest BCUT2D eigenvalue weighted by molar-refractivity contribution is -0.122. The fourth-order valence-electron chi connectivity index (χ4n) is 3.53. The summed E-state index contributed by atoms with van der Waals surface area (Å²) >= 11 is 1.38. The van der Waals surface area contributed by atoms with E-state index in [1.54, 1.807) is 12.0 Å². The number of amides is 1. The number of rotatable bonds is 8. The summed E-state index contributed by atoms with van der Waals surface area (Å²) in [5, 5.41) is 0.655. The lowest BCUT2D eigenvalue weighted by Gasteiger charge is -2.16. The fourth-order valence-corrected chi connectivity index (χ4v) is 4.52. The predicted octanol–water partition coefficient (Wildman–Crippen LogP) is 6.60. The zero-order valence-corrected chi connectivity index (χ0v) is 20.5. The highest BCUT2D eigenvalue weighted by molar-refractivity contribution is 8.18. The second kappa shape index (κ2) is 11.1. The van der Waals surface area contributed by atoms with Gasteiger partial charge in [-0.15, -0.1) is 0 Å². The van der Waals surface area contributed by atoms with E-state index in [9.17, 15) is 4.79 Å². The molecule has 3 aromatic carbocycles. The molecule has 0 saturated carbocycles. The zero-order chi connectivity index (χ0) is 23.9. The highest BCUT2D eigenvalue weighted by Crippen LogP contribution is 2.39. The molecule has 3 aromatic rings. The molecule has 0 spiro atoms. The molecular formula is C28H28N2O3S. The summed E-state index contributed by atoms with van der Waals surface area (Å²) in [4.78, 5) is 20.7. The van der Waals surface area contributed by atoms with Crippen molar-refractivity contribution < 1.29 is 14.3 Å². The zero-order valence-electron chi connectivity index (χ0n) is 19.7. The van der Waals surface area contributed by atoms with Crippen LogP contribution < -0.4 is 9.47 Å². The van der Waals surface area contributed by atoms with Gasteiger partial charge in [0.05, 0.1) is 30.9 Å². The van der Waals surface area contributed by atoms with Gasteiger partial charge in [-0.1, -0.05) is 67.1 Å². The Balaban J connectivity index is 1.72. The number of amidine groups is 1. The Morgan fingerprint density at radius 3 is 2.47 bits per heavy atom. The van der Waals surface area contributed by atoms with Gasteiger partial charge in [0, 0.05) is 5.56 Å². The Hall–Kier alpha value is -3.51. The number of ether oxygens (including phenoxy) is 2. The van der Waals surface area contributed by atoms with Gasteiger partial charge in [-0.3, -0.25) is 9.69 Å². The lowest BCUT2D eigenvalue weighted by Crippen LogP contribution is -2.28. The molecule has 1 fully saturated rings. The average molecular weight is 473 g/mol. The maximum Gasteiger partial charge on any atom is 0.267 e. The molecule has 0 radical (unpaired) electrons. The van der Waals surface area contributed by atoms with E-state index >= 15 is 0 Å². The van der Waals surface area contributed by atoms with Gasteiger partial charge >= 0.3 is 0 Å². The van der Waals surface area contributed by atoms with E-state index < -0.39 is 0 Å². The van der Waals surface area contributed by atoms with Gasteiger partial charge in [-0.25, -0.2) is 4.99 Å². The molecule has 0 aliphatic carbocycles. The van der Waals surface area contributed by atoms with Crippen LogP contribution in [0.2, 0.25) is 0 Å². The van der Waals surface area contributed by atoms with E-state index in [2.05, 4.69) is 6.92 Å². The molecule has 1 aliphatic heterocycles. The van der Waals surface area contributed by atoms with E-state index in [-0.39, 0.29) is 5.91 Å². The molecule has 1 saturated heterocycles. The summed E-state index contributed by atoms with van der Waals surface area (Å²) < 4.78 is 11.5. The predicted molar refractivity (Wildman–Crippen MR) is 140 cm³/mol. The van der Waals surface area contributed by atoms with Gasteiger partial charge in [0.2, 0.25) is 0 Å². The van der Waals surface area contributed by atoms with Crippen LogP contribution in [0.3, 0.4) is 0 Å². The summed E-state index contributed by atoms with van der Waals surface area (Å²) in [5.74, 6) is 1.21. The first-order valence-corrected chi connectivity index (χ1v) is 12.1. The smallest absolute Gasteiger partial charge is 0.267 e. The number of thioether (sulfide) groups is 1. The molecule has 0 unspecified atom stereocenters. The standard InChI is InChI=1S/C28H28N2O3S/c1-4-17-33-26-22(11-8-12-24(26)32-3)18-25-27(31)30(19-21-9-6-5-7-10-21)28(34-25)29-23-15-13-20(2)14-16-23/h5-16,18H,4,17,19H2,1-3H3/b25-18+,29-28?. The number of carbonyl (C=O) groups excluding carboxylic acids is 1. The van der Waals surface area contributed by atoms with Crippen LogP contribution in [-0.2, 0) is 11.3 Å². The second-order valence-electron chi connectivity index (χ2n) is 7.94. The second-order valence-corrected chi connectivity index (χ2v) is 8.95. The Labute approximate surface area is 205 Å². The largest absolute Gasteiger partial charge is 0.493 e. The summed E-state index contributed by atoms with van der Waals surface area (Å²) in [6.45, 7) is 5.11. The Kier molecular flexibility index (Phi) is 7.70. The van der Waals surface area contributed by atoms with E-state index in [1.165, 1.54) is 17.3 Å². The monoisotopic (exact) mass is 472 g/mol. The van der Waals surface area contributed by atoms with Gasteiger partial charge in [0.25, 0.3) is 5.91 Å². The minimum atomic E-state index is -0.0797. The summed E-state index contributed by atoms with van der Waals surface area (Å²) in [5.41, 5.74) is 3.83. The molecule has 4 rings (SSSR count). The van der Waals surface area contributed by atoms with Crippen LogP contribution in [0.15, 0.2) is 82.7 Å². The Bertz CT molecular complexity index is 1200. The van der Waals surface area contributed by atoms with Gasteiger partial charge in [-0.2, -0.15) is 0 Å². The number of aryl methyl sites for hydroxylation is 1. The molecule has 6 heteroatoms. The third kappa shape index (κ3) is 5.51. The maximum absolute atomic E-state index is 13.5. The third-order valence-electron chi connectivity index (χ3n) is 5.30. The van der Waals surface area contributed by atoms with E-state index in [0.29, 0.717) is 34.7 Å². The van der Waals surface area contributed by atoms with Crippen LogP contribution in [0.1, 0.15) is 30.0 Å². The van der Waals surface area contributed by atoms with Gasteiger partial charge in [0.1, 0.15) is 0 Å². The van der Waals surface area contributed by atoms with Crippen molar-refractivity contribution in [3.8, 4) is 11.5 Å². The molecule has 1 amide bonds. The SMILES string of the molecule is CCCOc1c(/C=C2/SC(=Nc3ccc(C)cc3)N(Cc3ccccc3)C2=O)cccc1OC. The van der Waals surface area contributed by atoms with Crippen molar-refractivity contribution in [3.05, 3.63) is 94.4 Å². The molecule has 0 bridgehead atoms. The van der Waals surface area contributed by atoms with E-state index in [4.69, 9.17) is 14.5 Å². The first-order chi connectivity index (χ1) is 16.6. The van der Waals surface area contributed by atoms with Gasteiger partial charge < -0.3 is 9.47 Å². The van der Waals surface area contributed by atoms with Crippen LogP contribution in [0.25, 0.3) is 6.08 Å². The first kappa shape index (κ1) is 23.6. The number of benzene rings is 3. The fraction of sp³-hybridized carbons (Fsp3) is 0.214. The van der Waals surface area contributed by atoms with Crippen LogP contribution in [0.5, 0.6) is 11.5 Å². The van der Waals surface area contributed by atoms with Crippen molar-refractivity contribution in [2.45, 2.75) is 26.8 Å². The number of hydrogen-bond acceptors (Lipinski definition) is 5. The molecule has 1 heterocycles. The number of para-hydroxylation sites is 1. The van der Waals surface area contributed by atoms with Crippen molar-refractivity contribution in [2.24, 2.45) is 4.99 Å². The maximum atomic E-state index is 13.5. The van der Waals surface area contributed by atoms with E-state index in [1.807, 2.05) is 85.8 Å². The van der Waals surface area contributed by atoms with Crippen LogP contribution >= 0.6 is 11.8 Å². The number of nitrogens with zero attached hydrogens (tertiary/aromatic N) is 2. The number of carbonyl (C=O) groups is 1. The highest BCUT2D eigenvalue weighted by Gasteiger charge is 2.34. The summed E-state index contributed by atoms with van der Waals surface area (Å²) in [7, 11) is 1.62. The Morgan fingerprint density at radius 1 is 1.00 bits per heavy atom. The molecule has 1 aliphatic rings. The Morgan fingerprint density at radius 2 is 1.76 bits per heavy atom. The molecule has 5 nitrogen and oxygen atoms in total. The van der Waals surface area contributed by atoms with E-state index in [0.717, 1.165) is 23.2 Å². The molecule has 34 heavy (non-hydrogen) atoms. The van der Waals surface area contributed by atoms with Crippen molar-refractivity contribution in [1.82, 2.24) is 4.90 Å². The molecule has 0 aromatic heterocycles. The molecule has 0 N–H and O–H groups in total.